The first-order valence-corrected chi connectivity index (χ1v) is 19.5. The Bertz CT molecular complexity index is 1440. The minimum Gasteiger partial charge on any atom is -0.478 e. The Hall–Kier alpha value is -4.30. The largest absolute Gasteiger partial charge is 0.478 e. The fraction of sp³-hybridized carbons (Fsp3) is 0.659. The molecule has 304 valence electrons. The van der Waals surface area contributed by atoms with Crippen LogP contribution in [-0.4, -0.2) is 95.6 Å². The average Bonchev–Trinajstić information content (AvgIpc) is 4.01. The lowest BCUT2D eigenvalue weighted by Crippen LogP contribution is -2.30. The smallest absolute Gasteiger partial charge is 0.331 e. The van der Waals surface area contributed by atoms with Gasteiger partial charge in [0.05, 0.1) is 36.3 Å². The van der Waals surface area contributed by atoms with Crippen molar-refractivity contribution in [2.24, 2.45) is 11.8 Å². The number of ether oxygens (including phenoxy) is 4. The summed E-state index contributed by atoms with van der Waals surface area (Å²) in [5.74, 6) is -4.17. The molecule has 4 rings (SSSR count). The highest BCUT2D eigenvalue weighted by Crippen LogP contribution is 2.47. The van der Waals surface area contributed by atoms with E-state index >= 15 is 0 Å². The van der Waals surface area contributed by atoms with Crippen LogP contribution in [0.1, 0.15) is 110 Å². The molecule has 14 heteroatoms. The molecule has 0 aromatic rings. The maximum absolute atomic E-state index is 12.4. The van der Waals surface area contributed by atoms with Crippen molar-refractivity contribution < 1.29 is 57.9 Å². The number of hydrogen-bond donors (Lipinski definition) is 4. The summed E-state index contributed by atoms with van der Waals surface area (Å²) in [5.41, 5.74) is 1.57. The highest BCUT2D eigenvalue weighted by molar-refractivity contribution is 5.87. The van der Waals surface area contributed by atoms with E-state index in [0.29, 0.717) is 44.9 Å². The van der Waals surface area contributed by atoms with Crippen LogP contribution in [0.4, 0.5) is 0 Å². The Balaban J connectivity index is 1.05. The van der Waals surface area contributed by atoms with Crippen LogP contribution in [0.15, 0.2) is 47.6 Å². The zero-order valence-electron chi connectivity index (χ0n) is 32.3. The van der Waals surface area contributed by atoms with Crippen molar-refractivity contribution in [3.63, 3.8) is 0 Å². The summed E-state index contributed by atoms with van der Waals surface area (Å²) in [6.07, 6.45) is 10.8. The number of fused-ring (bicyclic) bond motifs is 2. The van der Waals surface area contributed by atoms with Gasteiger partial charge in [-0.05, 0) is 107 Å². The molecule has 2 amide bonds. The highest BCUT2D eigenvalue weighted by atomic mass is 16.6. The number of carbonyl (C=O) groups is 6. The number of carbonyl (C=O) groups excluding carboxylic acids is 4. The summed E-state index contributed by atoms with van der Waals surface area (Å²) < 4.78 is 22.6. The van der Waals surface area contributed by atoms with Crippen molar-refractivity contribution in [3.05, 3.63) is 47.6 Å². The standard InChI is InChI=1S/C41H58N2O12/c1-26(38(48)49)30-12-10-28(8-5-18-40(3)32(22-30)54-40)24-52-36(46)16-14-34(44)42-20-7-21-43-35(45)15-17-37(47)53-25-29-9-6-19-41(4)33(55-41)23-31(13-11-29)27(2)39(50)51/h8-9,30-33H,1-2,5-7,10-25H2,3-4H3,(H,42,44)(H,43,45)(H,48,49)(H,50,51)/b28-8+,29-9+. The number of nitrogens with one attached hydrogen (secondary N) is 2. The molecule has 2 saturated heterocycles. The predicted octanol–water partition coefficient (Wildman–Crippen LogP) is 4.87. The Morgan fingerprint density at radius 1 is 0.709 bits per heavy atom. The van der Waals surface area contributed by atoms with Gasteiger partial charge in [0.1, 0.15) is 13.2 Å². The summed E-state index contributed by atoms with van der Waals surface area (Å²) in [5, 5.41) is 24.4. The maximum atomic E-state index is 12.4. The molecule has 2 aliphatic carbocycles. The third-order valence-electron chi connectivity index (χ3n) is 11.3. The molecule has 55 heavy (non-hydrogen) atoms. The van der Waals surface area contributed by atoms with Gasteiger partial charge in [-0.3, -0.25) is 19.2 Å². The molecular formula is C41H58N2O12. The summed E-state index contributed by atoms with van der Waals surface area (Å²) in [6, 6.07) is 0. The SMILES string of the molecule is C=C(C(=O)O)C1CC/C(COC(=O)CCC(=O)NCCCNC(=O)CCC(=O)OC/C2=C/CCC3(C)OC3CC(C(=C)C(=O)O)CC2)=C\CCC2(C)OC2C1. The van der Waals surface area contributed by atoms with Gasteiger partial charge in [-0.25, -0.2) is 9.59 Å². The normalized spacial score (nSPS) is 29.5. The molecule has 0 saturated carbocycles. The van der Waals surface area contributed by atoms with Crippen molar-refractivity contribution in [2.45, 2.75) is 134 Å². The lowest BCUT2D eigenvalue weighted by molar-refractivity contribution is -0.144. The van der Waals surface area contributed by atoms with E-state index in [1.54, 1.807) is 0 Å². The number of allylic oxidation sites excluding steroid dienone is 2. The first kappa shape index (κ1) is 43.4. The number of carboxylic acids is 2. The van der Waals surface area contributed by atoms with Crippen molar-refractivity contribution in [1.82, 2.24) is 10.6 Å². The number of aliphatic carboxylic acids is 2. The molecule has 0 aromatic carbocycles. The van der Waals surface area contributed by atoms with Gasteiger partial charge >= 0.3 is 23.9 Å². The van der Waals surface area contributed by atoms with Crippen LogP contribution in [0.5, 0.6) is 0 Å². The summed E-state index contributed by atoms with van der Waals surface area (Å²) in [6.45, 7) is 12.3. The molecule has 6 unspecified atom stereocenters. The minimum atomic E-state index is -1.02. The van der Waals surface area contributed by atoms with Crippen LogP contribution in [-0.2, 0) is 47.7 Å². The topological polar surface area (TPSA) is 210 Å². The van der Waals surface area contributed by atoms with Gasteiger partial charge in [0, 0.05) is 37.1 Å². The van der Waals surface area contributed by atoms with Crippen LogP contribution < -0.4 is 10.6 Å². The van der Waals surface area contributed by atoms with E-state index in [2.05, 4.69) is 23.8 Å². The first-order chi connectivity index (χ1) is 26.1. The molecule has 14 nitrogen and oxygen atoms in total. The fourth-order valence-electron chi connectivity index (χ4n) is 7.31. The highest BCUT2D eigenvalue weighted by Gasteiger charge is 2.53. The van der Waals surface area contributed by atoms with Gasteiger partial charge in [-0.15, -0.1) is 0 Å². The molecule has 0 bridgehead atoms. The number of epoxide rings is 2. The first-order valence-electron chi connectivity index (χ1n) is 19.5. The fourth-order valence-corrected chi connectivity index (χ4v) is 7.31. The summed E-state index contributed by atoms with van der Waals surface area (Å²) in [4.78, 5) is 72.5. The van der Waals surface area contributed by atoms with Gasteiger partial charge in [-0.1, -0.05) is 25.3 Å². The maximum Gasteiger partial charge on any atom is 0.331 e. The van der Waals surface area contributed by atoms with Gasteiger partial charge < -0.3 is 39.8 Å². The lowest BCUT2D eigenvalue weighted by atomic mass is 9.84. The third kappa shape index (κ3) is 14.1. The van der Waals surface area contributed by atoms with E-state index in [1.165, 1.54) is 0 Å². The minimum absolute atomic E-state index is 0.0216. The van der Waals surface area contributed by atoms with Crippen LogP contribution in [0.2, 0.25) is 0 Å². The zero-order valence-corrected chi connectivity index (χ0v) is 32.3. The van der Waals surface area contributed by atoms with E-state index in [4.69, 9.17) is 18.9 Å². The number of hydrogen-bond acceptors (Lipinski definition) is 10. The molecular weight excluding hydrogens is 712 g/mol. The number of rotatable bonds is 18. The molecule has 0 aromatic heterocycles. The third-order valence-corrected chi connectivity index (χ3v) is 11.3. The van der Waals surface area contributed by atoms with E-state index in [1.807, 2.05) is 26.0 Å². The number of esters is 2. The molecule has 0 spiro atoms. The van der Waals surface area contributed by atoms with Crippen molar-refractivity contribution in [1.29, 1.82) is 0 Å². The van der Waals surface area contributed by atoms with Gasteiger partial charge in [0.15, 0.2) is 0 Å². The lowest BCUT2D eigenvalue weighted by Gasteiger charge is -2.19. The second kappa shape index (κ2) is 20.0. The van der Waals surface area contributed by atoms with Gasteiger partial charge in [0.2, 0.25) is 11.8 Å². The van der Waals surface area contributed by atoms with E-state index in [9.17, 15) is 39.0 Å². The Kier molecular flexibility index (Phi) is 15.8. The van der Waals surface area contributed by atoms with Gasteiger partial charge in [-0.2, -0.15) is 0 Å². The molecule has 4 N–H and O–H groups in total. The quantitative estimate of drug-likeness (QED) is 0.0484. The van der Waals surface area contributed by atoms with Crippen molar-refractivity contribution in [2.75, 3.05) is 26.3 Å². The van der Waals surface area contributed by atoms with Crippen molar-refractivity contribution >= 4 is 35.7 Å². The summed E-state index contributed by atoms with van der Waals surface area (Å²) in [7, 11) is 0. The predicted molar refractivity (Wildman–Crippen MR) is 200 cm³/mol. The second-order valence-electron chi connectivity index (χ2n) is 15.6. The van der Waals surface area contributed by atoms with Crippen LogP contribution in [0.3, 0.4) is 0 Å². The Morgan fingerprint density at radius 2 is 1.11 bits per heavy atom. The number of carboxylic acid groups (broad SMARTS) is 2. The van der Waals surface area contributed by atoms with Crippen LogP contribution in [0, 0.1) is 11.8 Å². The van der Waals surface area contributed by atoms with Crippen molar-refractivity contribution in [3.8, 4) is 0 Å². The van der Waals surface area contributed by atoms with Crippen LogP contribution in [0.25, 0.3) is 0 Å². The monoisotopic (exact) mass is 770 g/mol. The molecule has 2 fully saturated rings. The molecule has 4 aliphatic rings. The van der Waals surface area contributed by atoms with Gasteiger partial charge in [0.25, 0.3) is 0 Å². The van der Waals surface area contributed by atoms with E-state index < -0.39 is 23.9 Å². The Labute approximate surface area is 323 Å². The summed E-state index contributed by atoms with van der Waals surface area (Å²) >= 11 is 0. The zero-order chi connectivity index (χ0) is 40.2. The number of amides is 2. The second-order valence-corrected chi connectivity index (χ2v) is 15.6. The molecule has 6 atom stereocenters. The molecule has 0 radical (unpaired) electrons. The Morgan fingerprint density at radius 3 is 1.49 bits per heavy atom. The average molecular weight is 771 g/mol. The van der Waals surface area contributed by atoms with E-state index in [-0.39, 0.29) is 110 Å². The van der Waals surface area contributed by atoms with E-state index in [0.717, 1.165) is 36.8 Å². The van der Waals surface area contributed by atoms with Crippen LogP contribution >= 0.6 is 0 Å². The molecule has 2 aliphatic heterocycles. The molecule has 2 heterocycles.